The normalized spacial score (nSPS) is 12.4. The van der Waals surface area contributed by atoms with Crippen LogP contribution in [0.1, 0.15) is 17.5 Å². The zero-order valence-corrected chi connectivity index (χ0v) is 15.2. The van der Waals surface area contributed by atoms with Crippen LogP contribution in [0.5, 0.6) is 0 Å². The minimum absolute atomic E-state index is 0.0758. The predicted octanol–water partition coefficient (Wildman–Crippen LogP) is 3.10. The van der Waals surface area contributed by atoms with Gasteiger partial charge in [-0.3, -0.25) is 4.79 Å². The Kier molecular flexibility index (Phi) is 5.84. The number of sulfone groups is 1. The van der Waals surface area contributed by atoms with E-state index in [0.717, 1.165) is 6.26 Å². The van der Waals surface area contributed by atoms with Gasteiger partial charge in [0.25, 0.3) is 0 Å². The molecule has 0 aliphatic carbocycles. The van der Waals surface area contributed by atoms with Crippen molar-refractivity contribution in [2.24, 2.45) is 0 Å². The molecule has 6 nitrogen and oxygen atoms in total. The summed E-state index contributed by atoms with van der Waals surface area (Å²) in [6.07, 6.45) is 0.367. The van der Waals surface area contributed by atoms with Crippen molar-refractivity contribution in [1.82, 2.24) is 0 Å². The molecule has 0 heterocycles. The summed E-state index contributed by atoms with van der Waals surface area (Å²) >= 11 is 5.87. The summed E-state index contributed by atoms with van der Waals surface area (Å²) in [6.45, 7) is 0. The van der Waals surface area contributed by atoms with E-state index < -0.39 is 28.2 Å². The van der Waals surface area contributed by atoms with Gasteiger partial charge in [0, 0.05) is 11.3 Å². The minimum Gasteiger partial charge on any atom is -0.481 e. The fourth-order valence-electron chi connectivity index (χ4n) is 2.42. The highest BCUT2D eigenvalue weighted by Crippen LogP contribution is 2.30. The maximum Gasteiger partial charge on any atom is 0.332 e. The van der Waals surface area contributed by atoms with Crippen molar-refractivity contribution in [1.29, 1.82) is 0 Å². The summed E-state index contributed by atoms with van der Waals surface area (Å²) in [6, 6.07) is 11.9. The Hall–Kier alpha value is -2.64. The molecule has 2 N–H and O–H groups in total. The zero-order chi connectivity index (χ0) is 19.5. The summed E-state index contributed by atoms with van der Waals surface area (Å²) < 4.78 is 23.2. The van der Waals surface area contributed by atoms with Gasteiger partial charge in [-0.05, 0) is 41.0 Å². The van der Waals surface area contributed by atoms with Gasteiger partial charge in [0.15, 0.2) is 9.84 Å². The highest BCUT2D eigenvalue weighted by atomic mass is 35.5. The third kappa shape index (κ3) is 4.71. The first-order valence-corrected chi connectivity index (χ1v) is 9.61. The Morgan fingerprint density at radius 2 is 1.38 bits per heavy atom. The van der Waals surface area contributed by atoms with E-state index in [1.54, 1.807) is 24.3 Å². The molecular weight excluding hydrogens is 380 g/mol. The number of carbonyl (C=O) groups is 2. The quantitative estimate of drug-likeness (QED) is 0.728. The van der Waals surface area contributed by atoms with Crippen LogP contribution >= 0.6 is 11.6 Å². The average molecular weight is 395 g/mol. The van der Waals surface area contributed by atoms with E-state index in [2.05, 4.69) is 0 Å². The first-order chi connectivity index (χ1) is 12.1. The second-order valence-corrected chi connectivity index (χ2v) is 7.98. The number of carboxylic acids is 2. The Morgan fingerprint density at radius 1 is 0.923 bits per heavy atom. The minimum atomic E-state index is -3.42. The van der Waals surface area contributed by atoms with Gasteiger partial charge in [0.05, 0.1) is 16.9 Å². The summed E-state index contributed by atoms with van der Waals surface area (Å²) in [7, 11) is -3.42. The van der Waals surface area contributed by atoms with Crippen molar-refractivity contribution in [2.45, 2.75) is 11.3 Å². The van der Waals surface area contributed by atoms with E-state index in [1.165, 1.54) is 24.3 Å². The molecule has 0 unspecified atom stereocenters. The maximum atomic E-state index is 11.7. The van der Waals surface area contributed by atoms with Gasteiger partial charge in [0.2, 0.25) is 0 Å². The van der Waals surface area contributed by atoms with Crippen LogP contribution in [0.25, 0.3) is 5.57 Å². The Balaban J connectivity index is 2.73. The molecule has 0 fully saturated rings. The first kappa shape index (κ1) is 19.7. The van der Waals surface area contributed by atoms with Gasteiger partial charge in [0.1, 0.15) is 0 Å². The number of benzene rings is 2. The van der Waals surface area contributed by atoms with Crippen molar-refractivity contribution < 1.29 is 28.2 Å². The van der Waals surface area contributed by atoms with Crippen molar-refractivity contribution >= 4 is 38.9 Å². The lowest BCUT2D eigenvalue weighted by molar-refractivity contribution is -0.139. The summed E-state index contributed by atoms with van der Waals surface area (Å²) in [5, 5.41) is 19.0. The van der Waals surface area contributed by atoms with Crippen LogP contribution in [-0.4, -0.2) is 36.8 Å². The van der Waals surface area contributed by atoms with Gasteiger partial charge < -0.3 is 10.2 Å². The van der Waals surface area contributed by atoms with Crippen LogP contribution in [0.2, 0.25) is 5.02 Å². The SMILES string of the molecule is CS(=O)(=O)c1ccc(/C(=C(/CC(=O)O)C(=O)O)c2ccc(Cl)cc2)cc1. The lowest BCUT2D eigenvalue weighted by Crippen LogP contribution is -2.10. The molecule has 0 radical (unpaired) electrons. The van der Waals surface area contributed by atoms with E-state index in [-0.39, 0.29) is 16.0 Å². The smallest absolute Gasteiger partial charge is 0.332 e. The van der Waals surface area contributed by atoms with Gasteiger partial charge in [-0.2, -0.15) is 0 Å². The van der Waals surface area contributed by atoms with Gasteiger partial charge >= 0.3 is 11.9 Å². The highest BCUT2D eigenvalue weighted by molar-refractivity contribution is 7.90. The number of rotatable bonds is 6. The number of halogens is 1. The molecule has 0 bridgehead atoms. The molecule has 0 amide bonds. The topological polar surface area (TPSA) is 109 Å². The van der Waals surface area contributed by atoms with E-state index in [4.69, 9.17) is 16.7 Å². The van der Waals surface area contributed by atoms with Crippen LogP contribution in [0.15, 0.2) is 59.0 Å². The number of hydrogen-bond acceptors (Lipinski definition) is 4. The Bertz CT molecular complexity index is 973. The summed E-state index contributed by atoms with van der Waals surface area (Å²) in [5.74, 6) is -2.66. The van der Waals surface area contributed by atoms with E-state index in [9.17, 15) is 23.1 Å². The third-order valence-electron chi connectivity index (χ3n) is 3.59. The van der Waals surface area contributed by atoms with Crippen molar-refractivity contribution in [3.05, 3.63) is 70.3 Å². The largest absolute Gasteiger partial charge is 0.481 e. The third-order valence-corrected chi connectivity index (χ3v) is 4.97. The second-order valence-electron chi connectivity index (χ2n) is 5.53. The molecule has 0 aromatic heterocycles. The molecule has 2 aromatic rings. The maximum absolute atomic E-state index is 11.7. The molecule has 26 heavy (non-hydrogen) atoms. The summed E-state index contributed by atoms with van der Waals surface area (Å²) in [5.41, 5.74) is 0.724. The number of aliphatic carboxylic acids is 2. The Labute approximate surface area is 155 Å². The monoisotopic (exact) mass is 394 g/mol. The molecule has 0 spiro atoms. The lowest BCUT2D eigenvalue weighted by Gasteiger charge is -2.13. The van der Waals surface area contributed by atoms with Gasteiger partial charge in [-0.15, -0.1) is 0 Å². The van der Waals surface area contributed by atoms with Crippen LogP contribution < -0.4 is 0 Å². The fraction of sp³-hybridized carbons (Fsp3) is 0.111. The van der Waals surface area contributed by atoms with Gasteiger partial charge in [-0.1, -0.05) is 35.9 Å². The van der Waals surface area contributed by atoms with E-state index in [0.29, 0.717) is 16.1 Å². The molecule has 136 valence electrons. The molecule has 0 aliphatic rings. The second kappa shape index (κ2) is 7.72. The lowest BCUT2D eigenvalue weighted by atomic mass is 9.91. The predicted molar refractivity (Wildman–Crippen MR) is 96.9 cm³/mol. The standard InChI is InChI=1S/C18H15ClO6S/c1-26(24,25)14-8-4-12(5-9-14)17(11-2-6-13(19)7-3-11)15(18(22)23)10-16(20)21/h2-9H,10H2,1H3,(H,20,21)(H,22,23)/b17-15-. The van der Waals surface area contributed by atoms with E-state index >= 15 is 0 Å². The van der Waals surface area contributed by atoms with Crippen LogP contribution in [0.3, 0.4) is 0 Å². The zero-order valence-electron chi connectivity index (χ0n) is 13.6. The van der Waals surface area contributed by atoms with Crippen molar-refractivity contribution in [2.75, 3.05) is 6.26 Å². The first-order valence-electron chi connectivity index (χ1n) is 7.34. The number of hydrogen-bond donors (Lipinski definition) is 2. The highest BCUT2D eigenvalue weighted by Gasteiger charge is 2.21. The summed E-state index contributed by atoms with van der Waals surface area (Å²) in [4.78, 5) is 22.9. The Morgan fingerprint density at radius 3 is 1.77 bits per heavy atom. The molecule has 2 rings (SSSR count). The van der Waals surface area contributed by atoms with E-state index in [1.807, 2.05) is 0 Å². The molecule has 0 atom stereocenters. The van der Waals surface area contributed by atoms with Crippen LogP contribution in [-0.2, 0) is 19.4 Å². The van der Waals surface area contributed by atoms with Crippen molar-refractivity contribution in [3.63, 3.8) is 0 Å². The average Bonchev–Trinajstić information content (AvgIpc) is 2.55. The molecule has 0 aliphatic heterocycles. The van der Waals surface area contributed by atoms with Crippen LogP contribution in [0, 0.1) is 0 Å². The fourth-order valence-corrected chi connectivity index (χ4v) is 3.18. The van der Waals surface area contributed by atoms with Crippen molar-refractivity contribution in [3.8, 4) is 0 Å². The molecule has 8 heteroatoms. The van der Waals surface area contributed by atoms with Crippen LogP contribution in [0.4, 0.5) is 0 Å². The molecular formula is C18H15ClO6S. The number of carboxylic acid groups (broad SMARTS) is 2. The van der Waals surface area contributed by atoms with Gasteiger partial charge in [-0.25, -0.2) is 13.2 Å². The molecule has 2 aromatic carbocycles. The molecule has 0 saturated carbocycles. The molecule has 0 saturated heterocycles.